The average Bonchev–Trinajstić information content (AvgIpc) is 2.83. The first-order valence-corrected chi connectivity index (χ1v) is 7.09. The highest BCUT2D eigenvalue weighted by Crippen LogP contribution is 2.41. The van der Waals surface area contributed by atoms with Gasteiger partial charge in [0.05, 0.1) is 6.04 Å². The molecule has 0 bridgehead atoms. The third kappa shape index (κ3) is 2.44. The van der Waals surface area contributed by atoms with E-state index in [-0.39, 0.29) is 24.8 Å². The van der Waals surface area contributed by atoms with Crippen LogP contribution in [0.1, 0.15) is 43.0 Å². The summed E-state index contributed by atoms with van der Waals surface area (Å²) < 4.78 is 32.3. The molecule has 1 aliphatic rings. The van der Waals surface area contributed by atoms with Gasteiger partial charge >= 0.3 is 0 Å². The Balaban J connectivity index is 1.82. The van der Waals surface area contributed by atoms with Crippen LogP contribution >= 0.6 is 0 Å². The summed E-state index contributed by atoms with van der Waals surface area (Å²) in [4.78, 5) is 0. The van der Waals surface area contributed by atoms with E-state index >= 15 is 0 Å². The average molecular weight is 279 g/mol. The molecule has 0 spiro atoms. The molecule has 20 heavy (non-hydrogen) atoms. The van der Waals surface area contributed by atoms with Gasteiger partial charge in [0.2, 0.25) is 5.92 Å². The van der Waals surface area contributed by atoms with Gasteiger partial charge in [0.25, 0.3) is 0 Å². The number of rotatable bonds is 2. The van der Waals surface area contributed by atoms with Gasteiger partial charge < -0.3 is 10.2 Å². The molecule has 108 valence electrons. The van der Waals surface area contributed by atoms with Gasteiger partial charge in [-0.05, 0) is 37.3 Å². The van der Waals surface area contributed by atoms with Crippen molar-refractivity contribution in [1.82, 2.24) is 0 Å². The Kier molecular flexibility index (Phi) is 3.28. The summed E-state index contributed by atoms with van der Waals surface area (Å²) >= 11 is 0. The number of furan rings is 1. The largest absolute Gasteiger partial charge is 0.459 e. The molecule has 0 aliphatic heterocycles. The molecule has 0 saturated heterocycles. The zero-order valence-corrected chi connectivity index (χ0v) is 11.5. The van der Waals surface area contributed by atoms with Gasteiger partial charge in [0.15, 0.2) is 0 Å². The molecular formula is C16H19F2NO. The molecule has 0 amide bonds. The van der Waals surface area contributed by atoms with E-state index in [4.69, 9.17) is 10.2 Å². The van der Waals surface area contributed by atoms with Crippen molar-refractivity contribution in [2.24, 2.45) is 11.7 Å². The van der Waals surface area contributed by atoms with Gasteiger partial charge in [-0.15, -0.1) is 0 Å². The summed E-state index contributed by atoms with van der Waals surface area (Å²) in [5.74, 6) is -1.72. The van der Waals surface area contributed by atoms with E-state index in [1.807, 2.05) is 31.2 Å². The monoisotopic (exact) mass is 279 g/mol. The number of fused-ring (bicyclic) bond motifs is 1. The van der Waals surface area contributed by atoms with Gasteiger partial charge in [-0.1, -0.05) is 18.2 Å². The highest BCUT2D eigenvalue weighted by Gasteiger charge is 2.37. The predicted octanol–water partition coefficient (Wildman–Crippen LogP) is 4.57. The number of benzene rings is 1. The van der Waals surface area contributed by atoms with Gasteiger partial charge in [0, 0.05) is 18.2 Å². The molecule has 1 aromatic heterocycles. The van der Waals surface area contributed by atoms with Crippen molar-refractivity contribution >= 4 is 11.0 Å². The molecular weight excluding hydrogens is 260 g/mol. The van der Waals surface area contributed by atoms with Crippen molar-refractivity contribution < 1.29 is 13.2 Å². The molecule has 1 atom stereocenters. The standard InChI is InChI=1S/C16H19F2NO/c1-10-3-2-4-12-9-13(20-15(10)12)14(19)11-5-7-16(17,18)8-6-11/h2-4,9,11,14H,5-8,19H2,1H3. The Hall–Kier alpha value is -1.42. The van der Waals surface area contributed by atoms with Crippen LogP contribution in [-0.4, -0.2) is 5.92 Å². The van der Waals surface area contributed by atoms with Crippen LogP contribution in [0.3, 0.4) is 0 Å². The molecule has 1 aliphatic carbocycles. The van der Waals surface area contributed by atoms with Crippen LogP contribution in [0.4, 0.5) is 8.78 Å². The second kappa shape index (κ2) is 4.85. The predicted molar refractivity (Wildman–Crippen MR) is 74.8 cm³/mol. The van der Waals surface area contributed by atoms with Crippen molar-refractivity contribution in [1.29, 1.82) is 0 Å². The molecule has 2 N–H and O–H groups in total. The molecule has 1 saturated carbocycles. The topological polar surface area (TPSA) is 39.2 Å². The summed E-state index contributed by atoms with van der Waals surface area (Å²) in [6.45, 7) is 1.99. The first-order chi connectivity index (χ1) is 9.46. The minimum absolute atomic E-state index is 0.0649. The molecule has 4 heteroatoms. The van der Waals surface area contributed by atoms with E-state index in [2.05, 4.69) is 0 Å². The lowest BCUT2D eigenvalue weighted by atomic mass is 9.81. The first kappa shape index (κ1) is 13.6. The molecule has 1 unspecified atom stereocenters. The summed E-state index contributed by atoms with van der Waals surface area (Å²) in [6, 6.07) is 7.60. The number of aryl methyl sites for hydroxylation is 1. The SMILES string of the molecule is Cc1cccc2cc(C(N)C3CCC(F)(F)CC3)oc12. The number of hydrogen-bond acceptors (Lipinski definition) is 2. The second-order valence-electron chi connectivity index (χ2n) is 5.86. The Morgan fingerprint density at radius 1 is 1.30 bits per heavy atom. The zero-order chi connectivity index (χ0) is 14.3. The number of nitrogens with two attached hydrogens (primary N) is 1. The Morgan fingerprint density at radius 2 is 2.00 bits per heavy atom. The van der Waals surface area contributed by atoms with Crippen LogP contribution < -0.4 is 5.73 Å². The maximum absolute atomic E-state index is 13.2. The van der Waals surface area contributed by atoms with Gasteiger partial charge in [0.1, 0.15) is 11.3 Å². The van der Waals surface area contributed by atoms with E-state index in [1.165, 1.54) is 0 Å². The number of hydrogen-bond donors (Lipinski definition) is 1. The summed E-state index contributed by atoms with van der Waals surface area (Å²) in [5, 5.41) is 1.02. The third-order valence-electron chi connectivity index (χ3n) is 4.36. The molecule has 1 fully saturated rings. The maximum atomic E-state index is 13.2. The third-order valence-corrected chi connectivity index (χ3v) is 4.36. The normalized spacial score (nSPS) is 21.2. The molecule has 1 aromatic carbocycles. The van der Waals surface area contributed by atoms with Crippen LogP contribution in [0.15, 0.2) is 28.7 Å². The van der Waals surface area contributed by atoms with Crippen molar-refractivity contribution in [3.8, 4) is 0 Å². The van der Waals surface area contributed by atoms with Crippen molar-refractivity contribution in [3.63, 3.8) is 0 Å². The number of halogens is 2. The smallest absolute Gasteiger partial charge is 0.248 e. The van der Waals surface area contributed by atoms with Crippen molar-refractivity contribution in [3.05, 3.63) is 35.6 Å². The van der Waals surface area contributed by atoms with Crippen LogP contribution in [0.5, 0.6) is 0 Å². The zero-order valence-electron chi connectivity index (χ0n) is 11.5. The molecule has 2 nitrogen and oxygen atoms in total. The van der Waals surface area contributed by atoms with Gasteiger partial charge in [-0.25, -0.2) is 8.78 Å². The number of alkyl halides is 2. The highest BCUT2D eigenvalue weighted by atomic mass is 19.3. The van der Waals surface area contributed by atoms with Crippen molar-refractivity contribution in [2.45, 2.75) is 44.6 Å². The maximum Gasteiger partial charge on any atom is 0.248 e. The summed E-state index contributed by atoms with van der Waals surface area (Å²) in [7, 11) is 0. The lowest BCUT2D eigenvalue weighted by Gasteiger charge is -2.31. The first-order valence-electron chi connectivity index (χ1n) is 7.09. The van der Waals surface area contributed by atoms with E-state index in [9.17, 15) is 8.78 Å². The van der Waals surface area contributed by atoms with E-state index < -0.39 is 5.92 Å². The fourth-order valence-electron chi connectivity index (χ4n) is 3.05. The Bertz CT molecular complexity index is 610. The van der Waals surface area contributed by atoms with Crippen LogP contribution in [0.25, 0.3) is 11.0 Å². The Morgan fingerprint density at radius 3 is 2.65 bits per heavy atom. The fourth-order valence-corrected chi connectivity index (χ4v) is 3.05. The molecule has 0 radical (unpaired) electrons. The highest BCUT2D eigenvalue weighted by molar-refractivity contribution is 5.81. The fraction of sp³-hybridized carbons (Fsp3) is 0.500. The number of para-hydroxylation sites is 1. The Labute approximate surface area is 116 Å². The van der Waals surface area contributed by atoms with Gasteiger partial charge in [-0.3, -0.25) is 0 Å². The summed E-state index contributed by atoms with van der Waals surface area (Å²) in [6.07, 6.45) is 0.795. The van der Waals surface area contributed by atoms with E-state index in [0.717, 1.165) is 16.5 Å². The van der Waals surface area contributed by atoms with Gasteiger partial charge in [-0.2, -0.15) is 0 Å². The van der Waals surface area contributed by atoms with Crippen LogP contribution in [0.2, 0.25) is 0 Å². The molecule has 3 rings (SSSR count). The van der Waals surface area contributed by atoms with E-state index in [0.29, 0.717) is 18.6 Å². The minimum atomic E-state index is -2.51. The van der Waals surface area contributed by atoms with Crippen molar-refractivity contribution in [2.75, 3.05) is 0 Å². The quantitative estimate of drug-likeness (QED) is 0.874. The van der Waals surface area contributed by atoms with E-state index in [1.54, 1.807) is 0 Å². The summed E-state index contributed by atoms with van der Waals surface area (Å²) in [5.41, 5.74) is 8.15. The lowest BCUT2D eigenvalue weighted by Crippen LogP contribution is -2.30. The molecule has 2 aromatic rings. The van der Waals surface area contributed by atoms with Crippen LogP contribution in [0, 0.1) is 12.8 Å². The van der Waals surface area contributed by atoms with Crippen LogP contribution in [-0.2, 0) is 0 Å². The minimum Gasteiger partial charge on any atom is -0.459 e. The molecule has 1 heterocycles. The second-order valence-corrected chi connectivity index (χ2v) is 5.86. The lowest BCUT2D eigenvalue weighted by molar-refractivity contribution is -0.0489.